The van der Waals surface area contributed by atoms with Crippen molar-refractivity contribution in [2.75, 3.05) is 19.6 Å². The molecule has 0 spiro atoms. The predicted octanol–water partition coefficient (Wildman–Crippen LogP) is 5.22. The summed E-state index contributed by atoms with van der Waals surface area (Å²) in [5, 5.41) is 5.42. The molecule has 1 aromatic heterocycles. The van der Waals surface area contributed by atoms with Crippen molar-refractivity contribution in [2.45, 2.75) is 31.2 Å². The molecular weight excluding hydrogens is 376 g/mol. The quantitative estimate of drug-likeness (QED) is 0.585. The van der Waals surface area contributed by atoms with E-state index >= 15 is 0 Å². The van der Waals surface area contributed by atoms with Gasteiger partial charge < -0.3 is 5.32 Å². The lowest BCUT2D eigenvalue weighted by Gasteiger charge is -2.34. The van der Waals surface area contributed by atoms with Crippen LogP contribution in [-0.4, -0.2) is 30.4 Å². The van der Waals surface area contributed by atoms with Crippen LogP contribution in [0.25, 0.3) is 0 Å². The second kappa shape index (κ2) is 9.86. The first kappa shape index (κ1) is 19.9. The van der Waals surface area contributed by atoms with Gasteiger partial charge in [-0.1, -0.05) is 73.2 Å². The van der Waals surface area contributed by atoms with Crippen LogP contribution in [0.1, 0.15) is 47.2 Å². The van der Waals surface area contributed by atoms with Crippen molar-refractivity contribution in [2.24, 2.45) is 0 Å². The third-order valence-corrected chi connectivity index (χ3v) is 6.67. The van der Waals surface area contributed by atoms with Crippen LogP contribution in [0.5, 0.6) is 0 Å². The zero-order chi connectivity index (χ0) is 19.9. The average Bonchev–Trinajstić information content (AvgIpc) is 3.31. The Bertz CT molecular complexity index is 834. The van der Waals surface area contributed by atoms with Gasteiger partial charge >= 0.3 is 0 Å². The van der Waals surface area contributed by atoms with E-state index in [9.17, 15) is 4.79 Å². The van der Waals surface area contributed by atoms with Crippen molar-refractivity contribution in [3.8, 4) is 0 Å². The maximum atomic E-state index is 13.4. The molecule has 0 bridgehead atoms. The van der Waals surface area contributed by atoms with Gasteiger partial charge in [0.05, 0.1) is 12.0 Å². The van der Waals surface area contributed by atoms with Gasteiger partial charge in [-0.3, -0.25) is 9.69 Å². The predicted molar refractivity (Wildman–Crippen MR) is 120 cm³/mol. The van der Waals surface area contributed by atoms with E-state index in [1.807, 2.05) is 60.7 Å². The molecule has 2 aromatic carbocycles. The lowest BCUT2D eigenvalue weighted by Crippen LogP contribution is -2.41. The summed E-state index contributed by atoms with van der Waals surface area (Å²) in [5.74, 6) is -0.219. The number of nitrogens with zero attached hydrogens (tertiary/aromatic N) is 1. The number of benzene rings is 2. The van der Waals surface area contributed by atoms with Gasteiger partial charge in [0.2, 0.25) is 5.91 Å². The molecule has 3 nitrogen and oxygen atoms in total. The van der Waals surface area contributed by atoms with Gasteiger partial charge in [0.15, 0.2) is 0 Å². The normalized spacial score (nSPS) is 15.9. The minimum atomic E-state index is -0.289. The maximum absolute atomic E-state index is 13.4. The Morgan fingerprint density at radius 2 is 1.48 bits per heavy atom. The number of carbonyl (C=O) groups is 1. The lowest BCUT2D eigenvalue weighted by atomic mass is 9.90. The van der Waals surface area contributed by atoms with Gasteiger partial charge in [-0.05, 0) is 48.5 Å². The van der Waals surface area contributed by atoms with Crippen LogP contribution in [0.3, 0.4) is 0 Å². The van der Waals surface area contributed by atoms with Crippen molar-refractivity contribution in [3.63, 3.8) is 0 Å². The summed E-state index contributed by atoms with van der Waals surface area (Å²) in [4.78, 5) is 17.2. The molecule has 1 fully saturated rings. The Morgan fingerprint density at radius 3 is 2.03 bits per heavy atom. The highest BCUT2D eigenvalue weighted by atomic mass is 32.1. The molecule has 3 aromatic rings. The van der Waals surface area contributed by atoms with Crippen LogP contribution in [0.4, 0.5) is 0 Å². The molecule has 1 aliphatic rings. The molecule has 1 N–H and O–H groups in total. The molecule has 150 valence electrons. The molecule has 4 heteroatoms. The second-order valence-corrected chi connectivity index (χ2v) is 8.61. The Labute approximate surface area is 177 Å². The molecule has 4 rings (SSSR count). The molecule has 0 saturated carbocycles. The van der Waals surface area contributed by atoms with Crippen LogP contribution in [0.15, 0.2) is 78.2 Å². The van der Waals surface area contributed by atoms with Crippen LogP contribution in [0.2, 0.25) is 0 Å². The first-order valence-electron chi connectivity index (χ1n) is 10.5. The molecular formula is C25H28N2OS. The molecule has 1 atom stereocenters. The van der Waals surface area contributed by atoms with E-state index in [2.05, 4.69) is 27.7 Å². The summed E-state index contributed by atoms with van der Waals surface area (Å²) < 4.78 is 0. The van der Waals surface area contributed by atoms with Crippen molar-refractivity contribution in [1.29, 1.82) is 0 Å². The van der Waals surface area contributed by atoms with Crippen LogP contribution < -0.4 is 5.32 Å². The smallest absolute Gasteiger partial charge is 0.232 e. The fourth-order valence-corrected chi connectivity index (χ4v) is 5.07. The highest BCUT2D eigenvalue weighted by molar-refractivity contribution is 7.10. The number of hydrogen-bond donors (Lipinski definition) is 1. The molecule has 0 aliphatic carbocycles. The topological polar surface area (TPSA) is 32.3 Å². The molecule has 1 saturated heterocycles. The van der Waals surface area contributed by atoms with Crippen molar-refractivity contribution in [3.05, 3.63) is 94.2 Å². The summed E-state index contributed by atoms with van der Waals surface area (Å²) in [6.45, 7) is 2.87. The molecule has 1 aliphatic heterocycles. The van der Waals surface area contributed by atoms with Crippen LogP contribution >= 0.6 is 11.3 Å². The van der Waals surface area contributed by atoms with Gasteiger partial charge in [-0.2, -0.15) is 0 Å². The maximum Gasteiger partial charge on any atom is 0.232 e. The molecule has 0 radical (unpaired) electrons. The van der Waals surface area contributed by atoms with E-state index in [0.29, 0.717) is 6.54 Å². The fourth-order valence-electron chi connectivity index (χ4n) is 4.21. The molecule has 2 heterocycles. The highest BCUT2D eigenvalue weighted by Crippen LogP contribution is 2.29. The van der Waals surface area contributed by atoms with Crippen LogP contribution in [0, 0.1) is 0 Å². The minimum absolute atomic E-state index is 0.0703. The summed E-state index contributed by atoms with van der Waals surface area (Å²) >= 11 is 1.78. The first-order chi connectivity index (χ1) is 14.3. The third kappa shape index (κ3) is 4.95. The number of amides is 1. The van der Waals surface area contributed by atoms with E-state index in [-0.39, 0.29) is 17.9 Å². The van der Waals surface area contributed by atoms with E-state index in [4.69, 9.17) is 0 Å². The monoisotopic (exact) mass is 404 g/mol. The summed E-state index contributed by atoms with van der Waals surface area (Å²) in [5.41, 5.74) is 2.06. The Balaban J connectivity index is 1.53. The number of piperidine rings is 1. The molecule has 29 heavy (non-hydrogen) atoms. The number of thiophene rings is 1. The number of hydrogen-bond acceptors (Lipinski definition) is 3. The Hall–Kier alpha value is -2.43. The highest BCUT2D eigenvalue weighted by Gasteiger charge is 2.27. The number of carbonyl (C=O) groups excluding carboxylic acids is 1. The molecule has 1 amide bonds. The fraction of sp³-hybridized carbons (Fsp3) is 0.320. The summed E-state index contributed by atoms with van der Waals surface area (Å²) in [6.07, 6.45) is 3.79. The zero-order valence-corrected chi connectivity index (χ0v) is 17.5. The summed E-state index contributed by atoms with van der Waals surface area (Å²) in [7, 11) is 0. The first-order valence-corrected chi connectivity index (χ1v) is 11.4. The van der Waals surface area contributed by atoms with Crippen LogP contribution in [-0.2, 0) is 4.79 Å². The minimum Gasteiger partial charge on any atom is -0.353 e. The lowest BCUT2D eigenvalue weighted by molar-refractivity contribution is -0.122. The van der Waals surface area contributed by atoms with E-state index in [1.165, 1.54) is 24.1 Å². The summed E-state index contributed by atoms with van der Waals surface area (Å²) in [6, 6.07) is 24.7. The zero-order valence-electron chi connectivity index (χ0n) is 16.7. The SMILES string of the molecule is O=C(NC[C@@H](c1cccs1)N1CCCCC1)C(c1ccccc1)c1ccccc1. The van der Waals surface area contributed by atoms with Gasteiger partial charge in [0, 0.05) is 11.4 Å². The largest absolute Gasteiger partial charge is 0.353 e. The van der Waals surface area contributed by atoms with E-state index in [1.54, 1.807) is 11.3 Å². The number of likely N-dealkylation sites (tertiary alicyclic amines) is 1. The van der Waals surface area contributed by atoms with Crippen molar-refractivity contribution in [1.82, 2.24) is 10.2 Å². The van der Waals surface area contributed by atoms with E-state index < -0.39 is 0 Å². The van der Waals surface area contributed by atoms with Gasteiger partial charge in [0.1, 0.15) is 0 Å². The van der Waals surface area contributed by atoms with Gasteiger partial charge in [-0.15, -0.1) is 11.3 Å². The average molecular weight is 405 g/mol. The number of nitrogens with one attached hydrogen (secondary N) is 1. The third-order valence-electron chi connectivity index (χ3n) is 5.70. The number of rotatable bonds is 7. The van der Waals surface area contributed by atoms with Gasteiger partial charge in [-0.25, -0.2) is 0 Å². The van der Waals surface area contributed by atoms with Gasteiger partial charge in [0.25, 0.3) is 0 Å². The second-order valence-electron chi connectivity index (χ2n) is 7.63. The molecule has 0 unspecified atom stereocenters. The van der Waals surface area contributed by atoms with Crippen molar-refractivity contribution < 1.29 is 4.79 Å². The Morgan fingerprint density at radius 1 is 0.862 bits per heavy atom. The standard InChI is InChI=1S/C25H28N2OS/c28-25(24(20-11-4-1-5-12-20)21-13-6-2-7-14-21)26-19-22(23-15-10-18-29-23)27-16-8-3-9-17-27/h1-2,4-7,10-15,18,22,24H,3,8-9,16-17,19H2,(H,26,28)/t22-/m0/s1. The Kier molecular flexibility index (Phi) is 6.75. The van der Waals surface area contributed by atoms with E-state index in [0.717, 1.165) is 24.2 Å². The van der Waals surface area contributed by atoms with Crippen molar-refractivity contribution >= 4 is 17.2 Å².